The predicted octanol–water partition coefficient (Wildman–Crippen LogP) is 4.99. The third-order valence-corrected chi connectivity index (χ3v) is 7.49. The van der Waals surface area contributed by atoms with Gasteiger partial charge in [-0.2, -0.15) is 5.26 Å². The highest BCUT2D eigenvalue weighted by Crippen LogP contribution is 2.54. The molecule has 0 saturated carbocycles. The molecule has 1 unspecified atom stereocenters. The van der Waals surface area contributed by atoms with E-state index < -0.39 is 16.7 Å². The van der Waals surface area contributed by atoms with E-state index in [-0.39, 0.29) is 12.5 Å². The fourth-order valence-electron chi connectivity index (χ4n) is 4.57. The van der Waals surface area contributed by atoms with Crippen molar-refractivity contribution in [1.82, 2.24) is 4.90 Å². The molecule has 1 atom stereocenters. The number of fused-ring (bicyclic) bond motifs is 2. The highest BCUT2D eigenvalue weighted by Gasteiger charge is 2.59. The Balaban J connectivity index is 1.53. The summed E-state index contributed by atoms with van der Waals surface area (Å²) in [5, 5.41) is 12.0. The van der Waals surface area contributed by atoms with Gasteiger partial charge in [0.1, 0.15) is 5.82 Å². The predicted molar refractivity (Wildman–Crippen MR) is 130 cm³/mol. The molecule has 34 heavy (non-hydrogen) atoms. The second-order valence-corrected chi connectivity index (χ2v) is 9.60. The molecule has 1 fully saturated rings. The van der Waals surface area contributed by atoms with Crippen molar-refractivity contribution >= 4 is 35.1 Å². The smallest absolute Gasteiger partial charge is 0.308 e. The largest absolute Gasteiger partial charge is 0.323 e. The van der Waals surface area contributed by atoms with Gasteiger partial charge in [-0.15, -0.1) is 11.8 Å². The lowest BCUT2D eigenvalue weighted by Gasteiger charge is -2.33. The molecule has 1 spiro atoms. The van der Waals surface area contributed by atoms with Crippen LogP contribution in [0, 0.1) is 24.1 Å². The van der Waals surface area contributed by atoms with Crippen molar-refractivity contribution in [3.05, 3.63) is 94.8 Å². The van der Waals surface area contributed by atoms with Gasteiger partial charge >= 0.3 is 6.03 Å². The van der Waals surface area contributed by atoms with Gasteiger partial charge in [-0.05, 0) is 48.9 Å². The molecule has 1 saturated heterocycles. The number of rotatable bonds is 3. The number of urea groups is 1. The highest BCUT2D eigenvalue weighted by molar-refractivity contribution is 8.01. The average Bonchev–Trinajstić information content (AvgIpc) is 3.36. The summed E-state index contributed by atoms with van der Waals surface area (Å²) in [5.41, 5.74) is 4.18. The van der Waals surface area contributed by atoms with Crippen molar-refractivity contribution in [2.75, 3.05) is 22.5 Å². The Morgan fingerprint density at radius 2 is 2.00 bits per heavy atom. The van der Waals surface area contributed by atoms with E-state index in [4.69, 9.17) is 0 Å². The van der Waals surface area contributed by atoms with Crippen molar-refractivity contribution in [3.63, 3.8) is 0 Å². The maximum absolute atomic E-state index is 14.0. The highest BCUT2D eigenvalue weighted by atomic mass is 32.2. The summed E-state index contributed by atoms with van der Waals surface area (Å²) in [4.78, 5) is 29.4. The molecule has 170 valence electrons. The first kappa shape index (κ1) is 22.0. The number of hydrogen-bond donors (Lipinski definition) is 1. The topological polar surface area (TPSA) is 76.4 Å². The minimum Gasteiger partial charge on any atom is -0.308 e. The molecule has 5 rings (SSSR count). The van der Waals surface area contributed by atoms with Gasteiger partial charge in [0.15, 0.2) is 4.87 Å². The Bertz CT molecular complexity index is 1350. The number of nitrogens with one attached hydrogen (secondary N) is 1. The van der Waals surface area contributed by atoms with Crippen molar-refractivity contribution in [2.45, 2.75) is 18.3 Å². The maximum Gasteiger partial charge on any atom is 0.323 e. The van der Waals surface area contributed by atoms with E-state index in [1.807, 2.05) is 31.2 Å². The minimum atomic E-state index is -1.20. The van der Waals surface area contributed by atoms with E-state index in [2.05, 4.69) is 11.4 Å². The number of carbonyl (C=O) groups is 2. The summed E-state index contributed by atoms with van der Waals surface area (Å²) < 4.78 is 13.7. The van der Waals surface area contributed by atoms with Crippen LogP contribution in [0.5, 0.6) is 0 Å². The van der Waals surface area contributed by atoms with Crippen LogP contribution >= 0.6 is 11.8 Å². The lowest BCUT2D eigenvalue weighted by Crippen LogP contribution is -2.51. The first-order valence-electron chi connectivity index (χ1n) is 10.8. The number of aryl methyl sites for hydroxylation is 1. The Morgan fingerprint density at radius 3 is 2.79 bits per heavy atom. The first-order chi connectivity index (χ1) is 16.4. The number of halogens is 1. The minimum absolute atomic E-state index is 0.202. The molecule has 3 aromatic rings. The second kappa shape index (κ2) is 8.50. The van der Waals surface area contributed by atoms with Crippen LogP contribution < -0.4 is 10.2 Å². The van der Waals surface area contributed by atoms with Gasteiger partial charge in [0.05, 0.1) is 23.9 Å². The summed E-state index contributed by atoms with van der Waals surface area (Å²) >= 11 is 1.43. The monoisotopic (exact) mass is 472 g/mol. The number of nitrogens with zero attached hydrogens (tertiary/aromatic N) is 3. The van der Waals surface area contributed by atoms with Gasteiger partial charge in [0.25, 0.3) is 5.91 Å². The van der Waals surface area contributed by atoms with Crippen LogP contribution in [0.4, 0.5) is 20.6 Å². The van der Waals surface area contributed by atoms with Crippen LogP contribution in [-0.4, -0.2) is 29.1 Å². The number of amides is 3. The zero-order valence-electron chi connectivity index (χ0n) is 18.4. The fraction of sp³-hybridized carbons (Fsp3) is 0.192. The lowest BCUT2D eigenvalue weighted by molar-refractivity contribution is -0.123. The molecule has 2 aliphatic heterocycles. The van der Waals surface area contributed by atoms with Gasteiger partial charge in [-0.25, -0.2) is 9.18 Å². The van der Waals surface area contributed by atoms with E-state index >= 15 is 0 Å². The molecule has 2 heterocycles. The molecule has 3 aromatic carbocycles. The molecule has 3 amide bonds. The zero-order chi connectivity index (χ0) is 23.9. The molecule has 0 bridgehead atoms. The number of thioether (sulfide) groups is 1. The van der Waals surface area contributed by atoms with Gasteiger partial charge in [0, 0.05) is 23.5 Å². The van der Waals surface area contributed by atoms with E-state index in [1.165, 1.54) is 30.0 Å². The summed E-state index contributed by atoms with van der Waals surface area (Å²) in [6.07, 6.45) is 0. The molecule has 2 aliphatic rings. The molecule has 0 radical (unpaired) electrons. The van der Waals surface area contributed by atoms with Gasteiger partial charge in [0.2, 0.25) is 0 Å². The SMILES string of the molecule is Cc1ccc2c(c1)C1(SCCN1C(=O)Nc1cccc(F)c1)C(=O)N2Cc1cccc(C#N)c1. The molecule has 8 heteroatoms. The molecule has 0 aliphatic carbocycles. The van der Waals surface area contributed by atoms with Crippen LogP contribution in [0.15, 0.2) is 66.7 Å². The van der Waals surface area contributed by atoms with E-state index in [0.717, 1.165) is 22.4 Å². The maximum atomic E-state index is 14.0. The van der Waals surface area contributed by atoms with Gasteiger partial charge in [-0.1, -0.05) is 35.9 Å². The first-order valence-corrected chi connectivity index (χ1v) is 11.8. The Morgan fingerprint density at radius 1 is 1.18 bits per heavy atom. The summed E-state index contributed by atoms with van der Waals surface area (Å²) in [7, 11) is 0. The molecular formula is C26H21FN4O2S. The fourth-order valence-corrected chi connectivity index (χ4v) is 6.02. The van der Waals surface area contributed by atoms with Crippen molar-refractivity contribution in [3.8, 4) is 6.07 Å². The molecule has 0 aromatic heterocycles. The van der Waals surface area contributed by atoms with Crippen LogP contribution in [-0.2, 0) is 16.2 Å². The van der Waals surface area contributed by atoms with E-state index in [9.17, 15) is 19.2 Å². The Labute approximate surface area is 201 Å². The van der Waals surface area contributed by atoms with Crippen LogP contribution in [0.3, 0.4) is 0 Å². The van der Waals surface area contributed by atoms with E-state index in [0.29, 0.717) is 23.5 Å². The van der Waals surface area contributed by atoms with Crippen molar-refractivity contribution in [1.29, 1.82) is 5.26 Å². The van der Waals surface area contributed by atoms with Crippen molar-refractivity contribution < 1.29 is 14.0 Å². The Kier molecular flexibility index (Phi) is 5.50. The Hall–Kier alpha value is -3.83. The number of carbonyl (C=O) groups excluding carboxylic acids is 2. The average molecular weight is 473 g/mol. The normalized spacial score (nSPS) is 18.8. The number of benzene rings is 3. The van der Waals surface area contributed by atoms with Gasteiger partial charge in [-0.3, -0.25) is 9.69 Å². The summed E-state index contributed by atoms with van der Waals surface area (Å²) in [6.45, 7) is 2.61. The third-order valence-electron chi connectivity index (χ3n) is 6.07. The summed E-state index contributed by atoms with van der Waals surface area (Å²) in [5.74, 6) is -0.0627. The van der Waals surface area contributed by atoms with Crippen LogP contribution in [0.1, 0.15) is 22.3 Å². The van der Waals surface area contributed by atoms with Crippen LogP contribution in [0.25, 0.3) is 0 Å². The molecular weight excluding hydrogens is 451 g/mol. The quantitative estimate of drug-likeness (QED) is 0.583. The number of hydrogen-bond acceptors (Lipinski definition) is 4. The molecule has 6 nitrogen and oxygen atoms in total. The standard InChI is InChI=1S/C26H21FN4O2S/c1-17-8-9-23-22(12-17)26(24(32)30(23)16-19-5-2-4-18(13-19)15-28)31(10-11-34-26)25(33)29-21-7-3-6-20(27)14-21/h2-9,12-14H,10-11,16H2,1H3,(H,29,33). The number of nitriles is 1. The third kappa shape index (κ3) is 3.58. The molecule has 1 N–H and O–H groups in total. The second-order valence-electron chi connectivity index (χ2n) is 8.31. The summed E-state index contributed by atoms with van der Waals surface area (Å²) in [6, 6.07) is 20.3. The lowest BCUT2D eigenvalue weighted by atomic mass is 10.0. The zero-order valence-corrected chi connectivity index (χ0v) is 19.2. The van der Waals surface area contributed by atoms with E-state index in [1.54, 1.807) is 34.1 Å². The van der Waals surface area contributed by atoms with Crippen molar-refractivity contribution in [2.24, 2.45) is 0 Å². The van der Waals surface area contributed by atoms with Gasteiger partial charge < -0.3 is 10.2 Å². The van der Waals surface area contributed by atoms with Crippen LogP contribution in [0.2, 0.25) is 0 Å². The number of anilines is 2.